The molecule has 0 amide bonds. The van der Waals surface area contributed by atoms with E-state index in [1.165, 1.54) is 78.8 Å². The fourth-order valence-electron chi connectivity index (χ4n) is 6.21. The first-order valence-electron chi connectivity index (χ1n) is 14.7. The summed E-state index contributed by atoms with van der Waals surface area (Å²) in [5.74, 6) is 1.74. The summed E-state index contributed by atoms with van der Waals surface area (Å²) in [6, 6.07) is 21.6. The molecule has 4 nitrogen and oxygen atoms in total. The molecule has 5 rings (SSSR count). The van der Waals surface area contributed by atoms with Gasteiger partial charge in [-0.1, -0.05) is 49.2 Å². The van der Waals surface area contributed by atoms with Crippen molar-refractivity contribution in [1.29, 1.82) is 0 Å². The predicted octanol–water partition coefficient (Wildman–Crippen LogP) is 7.14. The number of likely N-dealkylation sites (tertiary alicyclic amines) is 1. The molecule has 38 heavy (non-hydrogen) atoms. The van der Waals surface area contributed by atoms with Crippen molar-refractivity contribution < 1.29 is 9.84 Å². The molecule has 3 aromatic carbocycles. The fourth-order valence-corrected chi connectivity index (χ4v) is 6.21. The summed E-state index contributed by atoms with van der Waals surface area (Å²) in [6.45, 7) is 4.69. The number of phenolic OH excluding ortho intramolecular Hbond substituents is 1. The summed E-state index contributed by atoms with van der Waals surface area (Å²) in [6.07, 6.45) is 12.0. The number of hydrogen-bond donors (Lipinski definition) is 2. The van der Waals surface area contributed by atoms with Gasteiger partial charge in [0.05, 0.1) is 7.11 Å². The molecule has 0 radical (unpaired) electrons. The Hall–Kier alpha value is -2.98. The van der Waals surface area contributed by atoms with E-state index in [4.69, 9.17) is 4.74 Å². The van der Waals surface area contributed by atoms with Crippen LogP contribution in [0.4, 0.5) is 5.69 Å². The normalized spacial score (nSPS) is 18.0. The highest BCUT2D eigenvalue weighted by Crippen LogP contribution is 2.38. The number of hydrogen-bond acceptors (Lipinski definition) is 4. The second kappa shape index (κ2) is 13.2. The lowest BCUT2D eigenvalue weighted by atomic mass is 9.79. The van der Waals surface area contributed by atoms with E-state index < -0.39 is 0 Å². The molecule has 202 valence electrons. The molecule has 1 fully saturated rings. The van der Waals surface area contributed by atoms with Crippen LogP contribution in [-0.2, 0) is 25.7 Å². The summed E-state index contributed by atoms with van der Waals surface area (Å²) < 4.78 is 5.55. The van der Waals surface area contributed by atoms with Crippen molar-refractivity contribution >= 4 is 5.69 Å². The van der Waals surface area contributed by atoms with E-state index in [9.17, 15) is 5.11 Å². The van der Waals surface area contributed by atoms with Crippen LogP contribution in [-0.4, -0.2) is 43.3 Å². The Kier molecular flexibility index (Phi) is 9.24. The average molecular weight is 513 g/mol. The van der Waals surface area contributed by atoms with Crippen LogP contribution in [0.5, 0.6) is 11.5 Å². The number of aromatic hydroxyl groups is 1. The molecule has 0 saturated carbocycles. The van der Waals surface area contributed by atoms with E-state index in [1.54, 1.807) is 7.11 Å². The van der Waals surface area contributed by atoms with Crippen LogP contribution < -0.4 is 10.1 Å². The van der Waals surface area contributed by atoms with Gasteiger partial charge in [0.15, 0.2) is 0 Å². The third-order valence-corrected chi connectivity index (χ3v) is 8.51. The molecule has 0 bridgehead atoms. The molecular weight excluding hydrogens is 468 g/mol. The Balaban J connectivity index is 1.13. The van der Waals surface area contributed by atoms with E-state index >= 15 is 0 Å². The Morgan fingerprint density at radius 2 is 1.63 bits per heavy atom. The van der Waals surface area contributed by atoms with Gasteiger partial charge in [0, 0.05) is 24.8 Å². The molecule has 0 spiro atoms. The van der Waals surface area contributed by atoms with Crippen LogP contribution in [0.15, 0.2) is 60.7 Å². The Labute approximate surface area is 229 Å². The molecule has 4 heteroatoms. The van der Waals surface area contributed by atoms with Crippen molar-refractivity contribution in [3.63, 3.8) is 0 Å². The molecule has 1 atom stereocenters. The van der Waals surface area contributed by atoms with Gasteiger partial charge in [-0.2, -0.15) is 0 Å². The number of anilines is 1. The van der Waals surface area contributed by atoms with Gasteiger partial charge < -0.3 is 20.1 Å². The van der Waals surface area contributed by atoms with Crippen LogP contribution >= 0.6 is 0 Å². The minimum atomic E-state index is 0.372. The molecule has 1 saturated heterocycles. The van der Waals surface area contributed by atoms with Gasteiger partial charge >= 0.3 is 0 Å². The van der Waals surface area contributed by atoms with Gasteiger partial charge in [0.2, 0.25) is 0 Å². The first kappa shape index (κ1) is 26.6. The van der Waals surface area contributed by atoms with E-state index in [-0.39, 0.29) is 0 Å². The fraction of sp³-hybridized carbons (Fsp3) is 0.471. The largest absolute Gasteiger partial charge is 0.508 e. The standard InChI is InChI=1S/C34H44N2O2/c1-38-32-16-17-33(30-13-12-29-24-31(37)15-14-28(29)23-30)34(25-32)35-19-6-7-26-8-10-27(11-9-26)18-22-36-20-4-2-3-5-21-36/h8-11,14-17,24-25,30,35,37H,2-7,12-13,18-23H2,1H3/t30-/m1/s1. The monoisotopic (exact) mass is 512 g/mol. The van der Waals surface area contributed by atoms with Gasteiger partial charge in [-0.05, 0) is 116 Å². The maximum Gasteiger partial charge on any atom is 0.120 e. The van der Waals surface area contributed by atoms with Crippen molar-refractivity contribution in [2.45, 2.75) is 70.1 Å². The lowest BCUT2D eigenvalue weighted by molar-refractivity contribution is 0.289. The molecule has 0 aromatic heterocycles. The number of benzene rings is 3. The number of phenols is 1. The highest BCUT2D eigenvalue weighted by molar-refractivity contribution is 5.57. The van der Waals surface area contributed by atoms with Crippen molar-refractivity contribution in [3.8, 4) is 11.5 Å². The summed E-state index contributed by atoms with van der Waals surface area (Å²) in [7, 11) is 1.74. The molecule has 1 heterocycles. The number of rotatable bonds is 10. The summed E-state index contributed by atoms with van der Waals surface area (Å²) >= 11 is 0. The molecular formula is C34H44N2O2. The molecule has 2 aliphatic rings. The van der Waals surface area contributed by atoms with Crippen molar-refractivity contribution in [2.75, 3.05) is 38.6 Å². The number of nitrogens with one attached hydrogen (secondary N) is 1. The van der Waals surface area contributed by atoms with E-state index in [0.29, 0.717) is 11.7 Å². The van der Waals surface area contributed by atoms with Crippen LogP contribution in [0, 0.1) is 0 Å². The number of aryl methyl sites for hydroxylation is 2. The minimum Gasteiger partial charge on any atom is -0.508 e. The molecule has 2 N–H and O–H groups in total. The zero-order valence-electron chi connectivity index (χ0n) is 23.1. The lowest BCUT2D eigenvalue weighted by Crippen LogP contribution is -2.26. The van der Waals surface area contributed by atoms with Gasteiger partial charge in [-0.3, -0.25) is 0 Å². The second-order valence-corrected chi connectivity index (χ2v) is 11.2. The molecule has 1 aliphatic carbocycles. The van der Waals surface area contributed by atoms with Gasteiger partial charge in [0.1, 0.15) is 11.5 Å². The van der Waals surface area contributed by atoms with Gasteiger partial charge in [0.25, 0.3) is 0 Å². The Morgan fingerprint density at radius 3 is 2.39 bits per heavy atom. The van der Waals surface area contributed by atoms with E-state index in [2.05, 4.69) is 58.7 Å². The summed E-state index contributed by atoms with van der Waals surface area (Å²) in [5.41, 5.74) is 8.09. The maximum absolute atomic E-state index is 9.85. The summed E-state index contributed by atoms with van der Waals surface area (Å²) in [5, 5.41) is 13.6. The SMILES string of the molecule is COc1ccc([C@@H]2CCc3cc(O)ccc3C2)c(NCCCc2ccc(CCN3CCCCCC3)cc2)c1. The first-order valence-corrected chi connectivity index (χ1v) is 14.7. The third kappa shape index (κ3) is 7.11. The number of ether oxygens (including phenoxy) is 1. The van der Waals surface area contributed by atoms with Crippen LogP contribution in [0.1, 0.15) is 72.3 Å². The highest BCUT2D eigenvalue weighted by atomic mass is 16.5. The van der Waals surface area contributed by atoms with Gasteiger partial charge in [-0.25, -0.2) is 0 Å². The first-order chi connectivity index (χ1) is 18.7. The zero-order valence-corrected chi connectivity index (χ0v) is 23.1. The Morgan fingerprint density at radius 1 is 0.868 bits per heavy atom. The van der Waals surface area contributed by atoms with E-state index in [1.807, 2.05) is 12.1 Å². The predicted molar refractivity (Wildman–Crippen MR) is 158 cm³/mol. The minimum absolute atomic E-state index is 0.372. The quantitative estimate of drug-likeness (QED) is 0.284. The summed E-state index contributed by atoms with van der Waals surface area (Å²) in [4.78, 5) is 2.65. The van der Waals surface area contributed by atoms with Crippen molar-refractivity contribution in [2.24, 2.45) is 0 Å². The van der Waals surface area contributed by atoms with Gasteiger partial charge in [-0.15, -0.1) is 0 Å². The van der Waals surface area contributed by atoms with Crippen molar-refractivity contribution in [3.05, 3.63) is 88.5 Å². The number of nitrogens with zero attached hydrogens (tertiary/aromatic N) is 1. The third-order valence-electron chi connectivity index (χ3n) is 8.51. The lowest BCUT2D eigenvalue weighted by Gasteiger charge is -2.27. The Bertz CT molecular complexity index is 1170. The van der Waals surface area contributed by atoms with Crippen LogP contribution in [0.2, 0.25) is 0 Å². The second-order valence-electron chi connectivity index (χ2n) is 11.2. The number of methoxy groups -OCH3 is 1. The van der Waals surface area contributed by atoms with Crippen LogP contribution in [0.25, 0.3) is 0 Å². The maximum atomic E-state index is 9.85. The average Bonchev–Trinajstić information content (AvgIpc) is 3.23. The molecule has 1 aliphatic heterocycles. The molecule has 3 aromatic rings. The topological polar surface area (TPSA) is 44.7 Å². The van der Waals surface area contributed by atoms with Crippen molar-refractivity contribution in [1.82, 2.24) is 4.90 Å². The van der Waals surface area contributed by atoms with E-state index in [0.717, 1.165) is 50.8 Å². The zero-order chi connectivity index (χ0) is 26.2. The number of fused-ring (bicyclic) bond motifs is 1. The smallest absolute Gasteiger partial charge is 0.120 e. The highest BCUT2D eigenvalue weighted by Gasteiger charge is 2.23. The van der Waals surface area contributed by atoms with Crippen LogP contribution in [0.3, 0.4) is 0 Å². The molecule has 0 unspecified atom stereocenters.